The van der Waals surface area contributed by atoms with E-state index in [0.717, 1.165) is 55.2 Å². The number of aromatic nitrogens is 3. The van der Waals surface area contributed by atoms with E-state index in [-0.39, 0.29) is 29.7 Å². The van der Waals surface area contributed by atoms with Gasteiger partial charge in [-0.15, -0.1) is 0 Å². The summed E-state index contributed by atoms with van der Waals surface area (Å²) < 4.78 is 8.02. The molecule has 0 radical (unpaired) electrons. The van der Waals surface area contributed by atoms with Crippen molar-refractivity contribution in [3.8, 4) is 11.8 Å². The monoisotopic (exact) mass is 507 g/mol. The van der Waals surface area contributed by atoms with Crippen molar-refractivity contribution in [1.82, 2.24) is 19.4 Å². The van der Waals surface area contributed by atoms with E-state index in [1.165, 1.54) is 0 Å². The first-order valence-corrected chi connectivity index (χ1v) is 12.9. The van der Waals surface area contributed by atoms with Crippen LogP contribution in [-0.4, -0.2) is 68.5 Å². The van der Waals surface area contributed by atoms with Crippen molar-refractivity contribution in [1.29, 1.82) is 0 Å². The number of piperazine rings is 1. The number of hydrogen-bond acceptors (Lipinski definition) is 7. The number of ether oxygens (including phenoxy) is 1. The van der Waals surface area contributed by atoms with Gasteiger partial charge in [0.25, 0.3) is 0 Å². The molecule has 3 aromatic rings. The highest BCUT2D eigenvalue weighted by atomic mass is 35.5. The highest BCUT2D eigenvalue weighted by Crippen LogP contribution is 2.56. The van der Waals surface area contributed by atoms with Crippen molar-refractivity contribution in [2.24, 2.45) is 0 Å². The third-order valence-corrected chi connectivity index (χ3v) is 7.81. The summed E-state index contributed by atoms with van der Waals surface area (Å²) in [5.74, 6) is 1.49. The molecule has 3 atom stereocenters. The Morgan fingerprint density at radius 1 is 0.917 bits per heavy atom. The lowest BCUT2D eigenvalue weighted by Crippen LogP contribution is -2.49. The topological polar surface area (TPSA) is 86.9 Å². The molecule has 6 rings (SSSR count). The van der Waals surface area contributed by atoms with E-state index in [4.69, 9.17) is 16.3 Å². The summed E-state index contributed by atoms with van der Waals surface area (Å²) in [4.78, 5) is 13.3. The van der Waals surface area contributed by atoms with Crippen molar-refractivity contribution in [3.05, 3.63) is 76.6 Å². The van der Waals surface area contributed by atoms with Crippen LogP contribution in [-0.2, 0) is 17.9 Å². The lowest BCUT2D eigenvalue weighted by Gasteiger charge is -2.36. The minimum absolute atomic E-state index is 0.172. The molecule has 1 saturated heterocycles. The van der Waals surface area contributed by atoms with Crippen LogP contribution in [0.3, 0.4) is 0 Å². The smallest absolute Gasteiger partial charge is 0.225 e. The number of nitrogens with zero attached hydrogens (tertiary/aromatic N) is 5. The second-order valence-corrected chi connectivity index (χ2v) is 10.3. The van der Waals surface area contributed by atoms with Gasteiger partial charge in [0.2, 0.25) is 5.95 Å². The van der Waals surface area contributed by atoms with E-state index in [9.17, 15) is 10.2 Å². The molecular formula is C27H30ClN5O3. The van der Waals surface area contributed by atoms with Gasteiger partial charge in [0.15, 0.2) is 11.8 Å². The Kier molecular flexibility index (Phi) is 6.33. The SMILES string of the molecule is Oc1c2c(c(O)n1CC(CN1CCN(c3ncccn3)CC1)OCc1ccc(Cl)cc1)[C@H]1C=CC2C1. The maximum atomic E-state index is 11.0. The number of allylic oxidation sites excluding steroid dienone is 2. The van der Waals surface area contributed by atoms with Crippen molar-refractivity contribution in [3.63, 3.8) is 0 Å². The van der Waals surface area contributed by atoms with E-state index < -0.39 is 0 Å². The molecule has 2 bridgehead atoms. The third kappa shape index (κ3) is 4.45. The van der Waals surface area contributed by atoms with Crippen LogP contribution in [0, 0.1) is 0 Å². The zero-order chi connectivity index (χ0) is 24.6. The Morgan fingerprint density at radius 3 is 2.19 bits per heavy atom. The third-order valence-electron chi connectivity index (χ3n) is 7.56. The predicted octanol–water partition coefficient (Wildman–Crippen LogP) is 3.89. The number of rotatable bonds is 8. The minimum atomic E-state index is -0.227. The summed E-state index contributed by atoms with van der Waals surface area (Å²) in [6.45, 7) is 4.85. The first-order valence-electron chi connectivity index (χ1n) is 12.5. The Balaban J connectivity index is 1.17. The molecule has 3 heterocycles. The Bertz CT molecular complexity index is 1200. The molecule has 2 unspecified atom stereocenters. The molecule has 0 spiro atoms. The van der Waals surface area contributed by atoms with Crippen LogP contribution in [0.5, 0.6) is 11.8 Å². The van der Waals surface area contributed by atoms with Gasteiger partial charge in [-0.05, 0) is 30.2 Å². The first-order chi connectivity index (χ1) is 17.6. The van der Waals surface area contributed by atoms with Crippen LogP contribution >= 0.6 is 11.6 Å². The van der Waals surface area contributed by atoms with E-state index in [0.29, 0.717) is 24.7 Å². The molecular weight excluding hydrogens is 478 g/mol. The Hall–Kier alpha value is -3.07. The Morgan fingerprint density at radius 2 is 1.56 bits per heavy atom. The second-order valence-electron chi connectivity index (χ2n) is 9.81. The fourth-order valence-electron chi connectivity index (χ4n) is 5.70. The first kappa shape index (κ1) is 23.3. The zero-order valence-electron chi connectivity index (χ0n) is 20.0. The van der Waals surface area contributed by atoms with Crippen molar-refractivity contribution in [2.45, 2.75) is 37.5 Å². The second kappa shape index (κ2) is 9.76. The predicted molar refractivity (Wildman–Crippen MR) is 138 cm³/mol. The van der Waals surface area contributed by atoms with Gasteiger partial charge in [-0.2, -0.15) is 0 Å². The molecule has 8 nitrogen and oxygen atoms in total. The summed E-state index contributed by atoms with van der Waals surface area (Å²) in [6, 6.07) is 9.46. The summed E-state index contributed by atoms with van der Waals surface area (Å²) >= 11 is 6.04. The molecule has 0 amide bonds. The number of benzene rings is 1. The minimum Gasteiger partial charge on any atom is -0.494 e. The highest BCUT2D eigenvalue weighted by molar-refractivity contribution is 6.30. The van der Waals surface area contributed by atoms with Crippen LogP contribution in [0.2, 0.25) is 5.02 Å². The number of aromatic hydroxyl groups is 2. The average molecular weight is 508 g/mol. The molecule has 0 saturated carbocycles. The molecule has 2 aromatic heterocycles. The maximum Gasteiger partial charge on any atom is 0.225 e. The van der Waals surface area contributed by atoms with Gasteiger partial charge >= 0.3 is 0 Å². The lowest BCUT2D eigenvalue weighted by atomic mass is 10.0. The van der Waals surface area contributed by atoms with Crippen LogP contribution in [0.15, 0.2) is 54.9 Å². The molecule has 9 heteroatoms. The molecule has 36 heavy (non-hydrogen) atoms. The summed E-state index contributed by atoms with van der Waals surface area (Å²) in [7, 11) is 0. The largest absolute Gasteiger partial charge is 0.494 e. The number of hydrogen-bond donors (Lipinski definition) is 2. The summed E-state index contributed by atoms with van der Waals surface area (Å²) in [6.07, 6.45) is 8.53. The number of fused-ring (bicyclic) bond motifs is 5. The molecule has 3 aliphatic rings. The fourth-order valence-corrected chi connectivity index (χ4v) is 5.82. The molecule has 188 valence electrons. The average Bonchev–Trinajstić information content (AvgIpc) is 3.59. The quantitative estimate of drug-likeness (QED) is 0.447. The summed E-state index contributed by atoms with van der Waals surface area (Å²) in [5.41, 5.74) is 2.79. The van der Waals surface area contributed by atoms with E-state index >= 15 is 0 Å². The number of anilines is 1. The van der Waals surface area contributed by atoms with E-state index in [2.05, 4.69) is 31.9 Å². The molecule has 2 N–H and O–H groups in total. The van der Waals surface area contributed by atoms with Gasteiger partial charge < -0.3 is 19.8 Å². The van der Waals surface area contributed by atoms with Crippen LogP contribution in [0.1, 0.15) is 34.9 Å². The maximum absolute atomic E-state index is 11.0. The van der Waals surface area contributed by atoms with Gasteiger partial charge in [0.1, 0.15) is 0 Å². The van der Waals surface area contributed by atoms with Crippen molar-refractivity contribution in [2.75, 3.05) is 37.6 Å². The Labute approximate surface area is 215 Å². The van der Waals surface area contributed by atoms with Gasteiger partial charge in [0, 0.05) is 73.1 Å². The van der Waals surface area contributed by atoms with Gasteiger partial charge in [-0.25, -0.2) is 9.97 Å². The zero-order valence-corrected chi connectivity index (χ0v) is 20.8. The molecule has 1 fully saturated rings. The standard InChI is InChI=1S/C27H30ClN5O3/c28-21-6-2-18(3-7-21)17-36-22(15-31-10-12-32(13-11-31)27-29-8-1-9-30-27)16-33-25(34)23-19-4-5-20(14-19)24(23)26(33)35/h1-9,19-20,22,34-35H,10-17H2/t19-,20?,22?/m0/s1. The highest BCUT2D eigenvalue weighted by Gasteiger charge is 2.41. The summed E-state index contributed by atoms with van der Waals surface area (Å²) in [5, 5.41) is 22.8. The lowest BCUT2D eigenvalue weighted by molar-refractivity contribution is 0.00195. The molecule has 1 aromatic carbocycles. The van der Waals surface area contributed by atoms with E-state index in [1.54, 1.807) is 17.0 Å². The number of halogens is 1. The van der Waals surface area contributed by atoms with E-state index in [1.807, 2.05) is 30.3 Å². The van der Waals surface area contributed by atoms with Crippen molar-refractivity contribution >= 4 is 17.5 Å². The molecule has 2 aliphatic carbocycles. The normalized spacial score (nSPS) is 21.8. The fraction of sp³-hybridized carbons (Fsp3) is 0.407. The van der Waals surface area contributed by atoms with Gasteiger partial charge in [-0.1, -0.05) is 35.9 Å². The molecule has 1 aliphatic heterocycles. The van der Waals surface area contributed by atoms with Crippen molar-refractivity contribution < 1.29 is 14.9 Å². The van der Waals surface area contributed by atoms with Crippen LogP contribution < -0.4 is 4.90 Å². The van der Waals surface area contributed by atoms with Crippen LogP contribution in [0.25, 0.3) is 0 Å². The van der Waals surface area contributed by atoms with Gasteiger partial charge in [-0.3, -0.25) is 9.47 Å². The van der Waals surface area contributed by atoms with Gasteiger partial charge in [0.05, 0.1) is 19.3 Å². The van der Waals surface area contributed by atoms with Crippen LogP contribution in [0.4, 0.5) is 5.95 Å².